The number of hydrogen-bond acceptors (Lipinski definition) is 2. The number of anilines is 1. The summed E-state index contributed by atoms with van der Waals surface area (Å²) in [6.45, 7) is 0. The smallest absolute Gasteiger partial charge is 0.106 e. The van der Waals surface area contributed by atoms with Gasteiger partial charge in [0.05, 0.1) is 0 Å². The first-order valence-electron chi connectivity index (χ1n) is 3.06. The van der Waals surface area contributed by atoms with E-state index in [1.54, 1.807) is 12.1 Å². The van der Waals surface area contributed by atoms with E-state index < -0.39 is 0 Å². The van der Waals surface area contributed by atoms with Gasteiger partial charge < -0.3 is 11.5 Å². The lowest BCUT2D eigenvalue weighted by molar-refractivity contribution is 1.54. The quantitative estimate of drug-likeness (QED) is 0.619. The summed E-state index contributed by atoms with van der Waals surface area (Å²) in [4.78, 5) is 0.306. The summed E-state index contributed by atoms with van der Waals surface area (Å²) in [7, 11) is 0. The number of nitrogen functional groups attached to an aromatic ring is 1. The summed E-state index contributed by atoms with van der Waals surface area (Å²) in [5, 5.41) is 0. The van der Waals surface area contributed by atoms with Crippen molar-refractivity contribution in [2.45, 2.75) is 0 Å². The normalized spacial score (nSPS) is 9.83. The SMILES string of the molecule is NC(=S)c1cc(Br)c(Br)cc1N. The molecule has 0 aliphatic carbocycles. The molecule has 0 aliphatic heterocycles. The van der Waals surface area contributed by atoms with Gasteiger partial charge in [-0.3, -0.25) is 0 Å². The highest BCUT2D eigenvalue weighted by molar-refractivity contribution is 9.13. The van der Waals surface area contributed by atoms with Crippen molar-refractivity contribution >= 4 is 54.8 Å². The van der Waals surface area contributed by atoms with Crippen LogP contribution in [0, 0.1) is 0 Å². The second kappa shape index (κ2) is 3.72. The van der Waals surface area contributed by atoms with Crippen molar-refractivity contribution < 1.29 is 0 Å². The van der Waals surface area contributed by atoms with Crippen LogP contribution >= 0.6 is 44.1 Å². The molecule has 0 amide bonds. The summed E-state index contributed by atoms with van der Waals surface area (Å²) < 4.78 is 1.78. The molecule has 0 spiro atoms. The van der Waals surface area contributed by atoms with E-state index in [1.165, 1.54) is 0 Å². The van der Waals surface area contributed by atoms with Crippen LogP contribution in [0.4, 0.5) is 5.69 Å². The van der Waals surface area contributed by atoms with Gasteiger partial charge in [0, 0.05) is 20.2 Å². The summed E-state index contributed by atoms with van der Waals surface area (Å²) in [5.74, 6) is 0. The summed E-state index contributed by atoms with van der Waals surface area (Å²) in [6, 6.07) is 3.56. The van der Waals surface area contributed by atoms with Gasteiger partial charge in [0.25, 0.3) is 0 Å². The fourth-order valence-electron chi connectivity index (χ4n) is 0.776. The second-order valence-electron chi connectivity index (χ2n) is 2.22. The lowest BCUT2D eigenvalue weighted by Crippen LogP contribution is -2.12. The first-order chi connectivity index (χ1) is 5.52. The molecule has 0 saturated heterocycles. The molecule has 64 valence electrons. The van der Waals surface area contributed by atoms with Crippen molar-refractivity contribution in [3.8, 4) is 0 Å². The maximum atomic E-state index is 5.67. The third-order valence-electron chi connectivity index (χ3n) is 1.36. The highest BCUT2D eigenvalue weighted by Crippen LogP contribution is 2.27. The van der Waals surface area contributed by atoms with E-state index in [0.29, 0.717) is 16.2 Å². The van der Waals surface area contributed by atoms with Gasteiger partial charge in [0.2, 0.25) is 0 Å². The van der Waals surface area contributed by atoms with Gasteiger partial charge >= 0.3 is 0 Å². The Balaban J connectivity index is 3.33. The molecule has 0 heterocycles. The highest BCUT2D eigenvalue weighted by atomic mass is 79.9. The molecule has 5 heteroatoms. The maximum Gasteiger partial charge on any atom is 0.106 e. The van der Waals surface area contributed by atoms with Crippen molar-refractivity contribution in [3.05, 3.63) is 26.6 Å². The lowest BCUT2D eigenvalue weighted by atomic mass is 10.2. The van der Waals surface area contributed by atoms with Crippen molar-refractivity contribution in [1.82, 2.24) is 0 Å². The highest BCUT2D eigenvalue weighted by Gasteiger charge is 2.05. The molecular weight excluding hydrogens is 304 g/mol. The van der Waals surface area contributed by atoms with Crippen LogP contribution in [0.15, 0.2) is 21.1 Å². The monoisotopic (exact) mass is 308 g/mol. The Hall–Kier alpha value is -0.130. The van der Waals surface area contributed by atoms with Crippen LogP contribution in [0.3, 0.4) is 0 Å². The standard InChI is InChI=1S/C7H6Br2N2S/c8-4-1-3(7(11)12)6(10)2-5(4)9/h1-2H,10H2,(H2,11,12). The molecule has 2 nitrogen and oxygen atoms in total. The van der Waals surface area contributed by atoms with Crippen molar-refractivity contribution in [2.24, 2.45) is 5.73 Å². The third-order valence-corrected chi connectivity index (χ3v) is 3.42. The van der Waals surface area contributed by atoms with Gasteiger partial charge in [-0.05, 0) is 44.0 Å². The van der Waals surface area contributed by atoms with Gasteiger partial charge in [-0.15, -0.1) is 0 Å². The first kappa shape index (κ1) is 9.95. The van der Waals surface area contributed by atoms with Crippen LogP contribution in [0.2, 0.25) is 0 Å². The molecule has 0 aliphatic rings. The van der Waals surface area contributed by atoms with Crippen LogP contribution in [0.1, 0.15) is 5.56 Å². The fraction of sp³-hybridized carbons (Fsp3) is 0. The van der Waals surface area contributed by atoms with Crippen LogP contribution in [-0.4, -0.2) is 4.99 Å². The zero-order valence-corrected chi connectivity index (χ0v) is 9.96. The minimum atomic E-state index is 0.306. The number of hydrogen-bond donors (Lipinski definition) is 2. The Kier molecular flexibility index (Phi) is 3.09. The molecule has 0 fully saturated rings. The van der Waals surface area contributed by atoms with Crippen LogP contribution < -0.4 is 11.5 Å². The zero-order valence-electron chi connectivity index (χ0n) is 5.97. The van der Waals surface area contributed by atoms with Crippen molar-refractivity contribution in [2.75, 3.05) is 5.73 Å². The van der Waals surface area contributed by atoms with Crippen molar-refractivity contribution in [3.63, 3.8) is 0 Å². The predicted octanol–water partition coefficient (Wildman–Crippen LogP) is 2.43. The number of benzene rings is 1. The average Bonchev–Trinajstić information content (AvgIpc) is 1.96. The van der Waals surface area contributed by atoms with Gasteiger partial charge in [0.15, 0.2) is 0 Å². The Morgan fingerprint density at radius 3 is 2.25 bits per heavy atom. The largest absolute Gasteiger partial charge is 0.398 e. The summed E-state index contributed by atoms with van der Waals surface area (Å²) >= 11 is 11.5. The molecule has 0 aromatic heterocycles. The van der Waals surface area contributed by atoms with Gasteiger partial charge in [-0.2, -0.15) is 0 Å². The van der Waals surface area contributed by atoms with Gasteiger partial charge in [0.1, 0.15) is 4.99 Å². The fourth-order valence-corrected chi connectivity index (χ4v) is 1.66. The molecule has 1 aromatic carbocycles. The van der Waals surface area contributed by atoms with Crippen LogP contribution in [0.25, 0.3) is 0 Å². The van der Waals surface area contributed by atoms with E-state index in [0.717, 1.165) is 8.95 Å². The van der Waals surface area contributed by atoms with Gasteiger partial charge in [-0.1, -0.05) is 12.2 Å². The Bertz CT molecular complexity index is 338. The van der Waals surface area contributed by atoms with E-state index in [1.807, 2.05) is 0 Å². The van der Waals surface area contributed by atoms with E-state index in [4.69, 9.17) is 23.7 Å². The molecule has 0 atom stereocenters. The molecule has 1 rings (SSSR count). The second-order valence-corrected chi connectivity index (χ2v) is 4.37. The number of rotatable bonds is 1. The molecule has 0 radical (unpaired) electrons. The first-order valence-corrected chi connectivity index (χ1v) is 5.06. The summed E-state index contributed by atoms with van der Waals surface area (Å²) in [5.41, 5.74) is 12.4. The minimum Gasteiger partial charge on any atom is -0.398 e. The topological polar surface area (TPSA) is 52.0 Å². The van der Waals surface area contributed by atoms with Gasteiger partial charge in [-0.25, -0.2) is 0 Å². The lowest BCUT2D eigenvalue weighted by Gasteiger charge is -2.05. The molecule has 0 saturated carbocycles. The third kappa shape index (κ3) is 1.97. The van der Waals surface area contributed by atoms with Crippen molar-refractivity contribution in [1.29, 1.82) is 0 Å². The molecular formula is C7H6Br2N2S. The molecule has 4 N–H and O–H groups in total. The predicted molar refractivity (Wildman–Crippen MR) is 62.1 cm³/mol. The van der Waals surface area contributed by atoms with E-state index in [9.17, 15) is 0 Å². The summed E-state index contributed by atoms with van der Waals surface area (Å²) in [6.07, 6.45) is 0. The van der Waals surface area contributed by atoms with E-state index in [2.05, 4.69) is 31.9 Å². The molecule has 1 aromatic rings. The average molecular weight is 310 g/mol. The molecule has 12 heavy (non-hydrogen) atoms. The zero-order chi connectivity index (χ0) is 9.30. The molecule has 0 bridgehead atoms. The minimum absolute atomic E-state index is 0.306. The number of thiocarbonyl (C=S) groups is 1. The Labute approximate surface area is 92.6 Å². The van der Waals surface area contributed by atoms with Crippen LogP contribution in [0.5, 0.6) is 0 Å². The number of halogens is 2. The van der Waals surface area contributed by atoms with Crippen LogP contribution in [-0.2, 0) is 0 Å². The Morgan fingerprint density at radius 2 is 1.75 bits per heavy atom. The van der Waals surface area contributed by atoms with E-state index in [-0.39, 0.29) is 0 Å². The maximum absolute atomic E-state index is 5.67. The Morgan fingerprint density at radius 1 is 1.25 bits per heavy atom. The number of nitrogens with two attached hydrogens (primary N) is 2. The van der Waals surface area contributed by atoms with E-state index >= 15 is 0 Å². The molecule has 0 unspecified atom stereocenters.